The molecule has 0 aromatic heterocycles. The Morgan fingerprint density at radius 3 is 2.70 bits per heavy atom. The molecule has 1 heterocycles. The van der Waals surface area contributed by atoms with Crippen molar-refractivity contribution in [1.82, 2.24) is 0 Å². The third-order valence-electron chi connectivity index (χ3n) is 3.66. The van der Waals surface area contributed by atoms with Gasteiger partial charge in [0.05, 0.1) is 6.61 Å². The van der Waals surface area contributed by atoms with Crippen LogP contribution in [0.3, 0.4) is 0 Å². The second-order valence-corrected chi connectivity index (χ2v) is 5.12. The van der Waals surface area contributed by atoms with Crippen LogP contribution in [0.2, 0.25) is 0 Å². The topological polar surface area (TPSA) is 35.2 Å². The highest BCUT2D eigenvalue weighted by Gasteiger charge is 2.13. The molecule has 1 atom stereocenters. The van der Waals surface area contributed by atoms with Gasteiger partial charge >= 0.3 is 0 Å². The lowest BCUT2D eigenvalue weighted by molar-refractivity contribution is 0.288. The highest BCUT2D eigenvalue weighted by molar-refractivity contribution is 5.85. The Kier molecular flexibility index (Phi) is 5.05. The van der Waals surface area contributed by atoms with Gasteiger partial charge in [0.15, 0.2) is 0 Å². The number of hydrogen-bond donors (Lipinski definition) is 1. The Balaban J connectivity index is 0.00000147. The summed E-state index contributed by atoms with van der Waals surface area (Å²) in [5, 5.41) is 0. The van der Waals surface area contributed by atoms with E-state index in [1.165, 1.54) is 16.7 Å². The molecule has 106 valence electrons. The smallest absolute Gasteiger partial charge is 0.122 e. The van der Waals surface area contributed by atoms with E-state index in [1.54, 1.807) is 0 Å². The monoisotopic (exact) mass is 289 g/mol. The van der Waals surface area contributed by atoms with Gasteiger partial charge in [-0.3, -0.25) is 0 Å². The van der Waals surface area contributed by atoms with Gasteiger partial charge in [-0.2, -0.15) is 0 Å². The highest BCUT2D eigenvalue weighted by Crippen LogP contribution is 2.28. The summed E-state index contributed by atoms with van der Waals surface area (Å²) in [6, 6.07) is 16.8. The van der Waals surface area contributed by atoms with E-state index in [4.69, 9.17) is 10.5 Å². The van der Waals surface area contributed by atoms with Gasteiger partial charge in [-0.15, -0.1) is 12.4 Å². The Hall–Kier alpha value is -1.51. The molecule has 2 aromatic rings. The standard InChI is InChI=1S/C17H19NO.ClH/c18-16(11-13-5-2-1-3-6-13)14-8-9-17-15(12-14)7-4-10-19-17;/h1-3,5-6,8-9,12,16H,4,7,10-11,18H2;1H. The maximum absolute atomic E-state index is 6.32. The maximum atomic E-state index is 6.32. The lowest BCUT2D eigenvalue weighted by atomic mass is 9.96. The summed E-state index contributed by atoms with van der Waals surface area (Å²) in [4.78, 5) is 0. The maximum Gasteiger partial charge on any atom is 0.122 e. The molecule has 3 heteroatoms. The fraction of sp³-hybridized carbons (Fsp3) is 0.294. The van der Waals surface area contributed by atoms with Crippen molar-refractivity contribution in [2.24, 2.45) is 5.73 Å². The fourth-order valence-electron chi connectivity index (χ4n) is 2.60. The van der Waals surface area contributed by atoms with E-state index in [0.29, 0.717) is 0 Å². The molecule has 2 N–H and O–H groups in total. The van der Waals surface area contributed by atoms with Gasteiger partial charge in [-0.05, 0) is 42.0 Å². The van der Waals surface area contributed by atoms with Crippen molar-refractivity contribution in [2.45, 2.75) is 25.3 Å². The van der Waals surface area contributed by atoms with Crippen molar-refractivity contribution >= 4 is 12.4 Å². The zero-order valence-corrected chi connectivity index (χ0v) is 12.2. The first-order chi connectivity index (χ1) is 9.33. The van der Waals surface area contributed by atoms with Crippen molar-refractivity contribution in [1.29, 1.82) is 0 Å². The third kappa shape index (κ3) is 3.33. The van der Waals surface area contributed by atoms with Crippen LogP contribution in [0.15, 0.2) is 48.5 Å². The summed E-state index contributed by atoms with van der Waals surface area (Å²) in [6.07, 6.45) is 3.08. The molecule has 0 saturated carbocycles. The zero-order chi connectivity index (χ0) is 13.1. The van der Waals surface area contributed by atoms with Gasteiger partial charge in [0, 0.05) is 6.04 Å². The van der Waals surface area contributed by atoms with E-state index >= 15 is 0 Å². The van der Waals surface area contributed by atoms with E-state index in [1.807, 2.05) is 6.07 Å². The molecule has 0 radical (unpaired) electrons. The number of nitrogens with two attached hydrogens (primary N) is 1. The van der Waals surface area contributed by atoms with Crippen molar-refractivity contribution < 1.29 is 4.74 Å². The number of benzene rings is 2. The van der Waals surface area contributed by atoms with Crippen LogP contribution < -0.4 is 10.5 Å². The number of aryl methyl sites for hydroxylation is 1. The van der Waals surface area contributed by atoms with Gasteiger partial charge in [0.25, 0.3) is 0 Å². The minimum atomic E-state index is 0. The van der Waals surface area contributed by atoms with E-state index in [2.05, 4.69) is 42.5 Å². The predicted octanol–water partition coefficient (Wildman–Crippen LogP) is 3.68. The molecule has 0 fully saturated rings. The largest absolute Gasteiger partial charge is 0.493 e. The van der Waals surface area contributed by atoms with E-state index in [-0.39, 0.29) is 18.4 Å². The van der Waals surface area contributed by atoms with Gasteiger partial charge in [-0.1, -0.05) is 42.5 Å². The second-order valence-electron chi connectivity index (χ2n) is 5.12. The first-order valence-corrected chi connectivity index (χ1v) is 6.88. The molecule has 1 aliphatic rings. The summed E-state index contributed by atoms with van der Waals surface area (Å²) in [6.45, 7) is 0.836. The zero-order valence-electron chi connectivity index (χ0n) is 11.4. The number of hydrogen-bond acceptors (Lipinski definition) is 2. The van der Waals surface area contributed by atoms with Gasteiger partial charge < -0.3 is 10.5 Å². The molecule has 3 rings (SSSR count). The van der Waals surface area contributed by atoms with E-state index in [9.17, 15) is 0 Å². The van der Waals surface area contributed by atoms with Crippen molar-refractivity contribution in [2.75, 3.05) is 6.61 Å². The van der Waals surface area contributed by atoms with Gasteiger partial charge in [-0.25, -0.2) is 0 Å². The lowest BCUT2D eigenvalue weighted by Crippen LogP contribution is -2.15. The number of ether oxygens (including phenoxy) is 1. The predicted molar refractivity (Wildman–Crippen MR) is 84.6 cm³/mol. The number of fused-ring (bicyclic) bond motifs is 1. The van der Waals surface area contributed by atoms with Crippen molar-refractivity contribution in [3.8, 4) is 5.75 Å². The van der Waals surface area contributed by atoms with Crippen LogP contribution in [0.4, 0.5) is 0 Å². The molecule has 0 aliphatic carbocycles. The van der Waals surface area contributed by atoms with Crippen LogP contribution in [-0.4, -0.2) is 6.61 Å². The van der Waals surface area contributed by atoms with Crippen LogP contribution in [0, 0.1) is 0 Å². The van der Waals surface area contributed by atoms with E-state index in [0.717, 1.165) is 31.6 Å². The third-order valence-corrected chi connectivity index (χ3v) is 3.66. The number of rotatable bonds is 3. The Morgan fingerprint density at radius 1 is 1.10 bits per heavy atom. The highest BCUT2D eigenvalue weighted by atomic mass is 35.5. The Morgan fingerprint density at radius 2 is 1.90 bits per heavy atom. The minimum absolute atomic E-state index is 0. The number of halogens is 1. The van der Waals surface area contributed by atoms with Crippen LogP contribution in [-0.2, 0) is 12.8 Å². The molecular formula is C17H20ClNO. The molecule has 2 aromatic carbocycles. The second kappa shape index (κ2) is 6.78. The fourth-order valence-corrected chi connectivity index (χ4v) is 2.60. The van der Waals surface area contributed by atoms with Crippen molar-refractivity contribution in [3.63, 3.8) is 0 Å². The summed E-state index contributed by atoms with van der Waals surface area (Å²) >= 11 is 0. The van der Waals surface area contributed by atoms with Crippen molar-refractivity contribution in [3.05, 3.63) is 65.2 Å². The Labute approximate surface area is 126 Å². The van der Waals surface area contributed by atoms with Crippen LogP contribution in [0.5, 0.6) is 5.75 Å². The average Bonchev–Trinajstić information content (AvgIpc) is 2.48. The summed E-state index contributed by atoms with van der Waals surface area (Å²) in [7, 11) is 0. The van der Waals surface area contributed by atoms with E-state index < -0.39 is 0 Å². The lowest BCUT2D eigenvalue weighted by Gasteiger charge is -2.20. The normalized spacial score (nSPS) is 14.7. The minimum Gasteiger partial charge on any atom is -0.493 e. The van der Waals surface area contributed by atoms with Gasteiger partial charge in [0.2, 0.25) is 0 Å². The Bertz CT molecular complexity index is 556. The molecule has 1 aliphatic heterocycles. The molecule has 1 unspecified atom stereocenters. The quantitative estimate of drug-likeness (QED) is 0.935. The van der Waals surface area contributed by atoms with Gasteiger partial charge in [0.1, 0.15) is 5.75 Å². The molecular weight excluding hydrogens is 270 g/mol. The summed E-state index contributed by atoms with van der Waals surface area (Å²) in [5.74, 6) is 1.03. The summed E-state index contributed by atoms with van der Waals surface area (Å²) in [5.41, 5.74) is 10.1. The molecule has 2 nitrogen and oxygen atoms in total. The summed E-state index contributed by atoms with van der Waals surface area (Å²) < 4.78 is 5.64. The molecule has 20 heavy (non-hydrogen) atoms. The molecule has 0 spiro atoms. The average molecular weight is 290 g/mol. The molecule has 0 amide bonds. The molecule has 0 saturated heterocycles. The first-order valence-electron chi connectivity index (χ1n) is 6.88. The van der Waals surface area contributed by atoms with Crippen LogP contribution >= 0.6 is 12.4 Å². The first kappa shape index (κ1) is 14.9. The van der Waals surface area contributed by atoms with Crippen LogP contribution in [0.25, 0.3) is 0 Å². The SMILES string of the molecule is Cl.NC(Cc1ccccc1)c1ccc2c(c1)CCCO2. The van der Waals surface area contributed by atoms with Crippen LogP contribution in [0.1, 0.15) is 29.2 Å². The molecule has 0 bridgehead atoms.